The van der Waals surface area contributed by atoms with Crippen LogP contribution in [-0.4, -0.2) is 16.6 Å². The Labute approximate surface area is 169 Å². The average molecular weight is 399 g/mol. The third-order valence-electron chi connectivity index (χ3n) is 5.25. The summed E-state index contributed by atoms with van der Waals surface area (Å²) < 4.78 is 0. The van der Waals surface area contributed by atoms with Crippen molar-refractivity contribution in [1.29, 1.82) is 0 Å². The first kappa shape index (κ1) is 18.3. The van der Waals surface area contributed by atoms with Crippen LogP contribution in [0, 0.1) is 5.92 Å². The van der Waals surface area contributed by atoms with Gasteiger partial charge in [-0.05, 0) is 66.3 Å². The lowest BCUT2D eigenvalue weighted by atomic mass is 9.77. The Balaban J connectivity index is 1.72. The van der Waals surface area contributed by atoms with Gasteiger partial charge in [-0.2, -0.15) is 5.10 Å². The summed E-state index contributed by atoms with van der Waals surface area (Å²) in [6, 6.07) is 15.5. The summed E-state index contributed by atoms with van der Waals surface area (Å²) in [6.07, 6.45) is 5.24. The van der Waals surface area contributed by atoms with Crippen molar-refractivity contribution >= 4 is 40.9 Å². The van der Waals surface area contributed by atoms with E-state index in [-0.39, 0.29) is 17.9 Å². The maximum Gasteiger partial charge on any atom is 0.240 e. The number of fused-ring (bicyclic) bond motifs is 1. The largest absolute Gasteiger partial charge is 0.273 e. The molecule has 0 spiro atoms. The maximum absolute atomic E-state index is 12.3. The molecule has 2 aromatic rings. The van der Waals surface area contributed by atoms with E-state index >= 15 is 0 Å². The van der Waals surface area contributed by atoms with Crippen molar-refractivity contribution in [2.24, 2.45) is 11.0 Å². The van der Waals surface area contributed by atoms with Crippen molar-refractivity contribution in [2.45, 2.75) is 32.2 Å². The fourth-order valence-electron chi connectivity index (χ4n) is 4.02. The van der Waals surface area contributed by atoms with E-state index in [9.17, 15) is 4.79 Å². The standard InChI is InChI=1S/C22H20Cl2N2O/c1-14(27)26-22(16-7-11-19(24)12-8-16)20-4-2-3-17(21(20)25-26)13-15-5-9-18(23)10-6-15/h5-13,20,22H,2-4H2,1H3/b17-13+/t20-,22-/m0/s1. The summed E-state index contributed by atoms with van der Waals surface area (Å²) in [4.78, 5) is 12.3. The second-order valence-corrected chi connectivity index (χ2v) is 7.94. The van der Waals surface area contributed by atoms with Crippen LogP contribution in [0.5, 0.6) is 0 Å². The number of nitrogens with zero attached hydrogens (tertiary/aromatic N) is 2. The highest BCUT2D eigenvalue weighted by atomic mass is 35.5. The van der Waals surface area contributed by atoms with Gasteiger partial charge >= 0.3 is 0 Å². The number of hydrogen-bond acceptors (Lipinski definition) is 2. The van der Waals surface area contributed by atoms with Crippen molar-refractivity contribution in [3.05, 3.63) is 75.3 Å². The monoisotopic (exact) mass is 398 g/mol. The Morgan fingerprint density at radius 3 is 2.33 bits per heavy atom. The van der Waals surface area contributed by atoms with E-state index in [1.54, 1.807) is 11.9 Å². The second kappa shape index (κ2) is 7.49. The summed E-state index contributed by atoms with van der Waals surface area (Å²) in [7, 11) is 0. The van der Waals surface area contributed by atoms with Crippen LogP contribution in [0.25, 0.3) is 6.08 Å². The third kappa shape index (κ3) is 3.67. The predicted octanol–water partition coefficient (Wildman–Crippen LogP) is 6.14. The van der Waals surface area contributed by atoms with Gasteiger partial charge in [0.05, 0.1) is 11.8 Å². The van der Waals surface area contributed by atoms with Crippen LogP contribution >= 0.6 is 23.2 Å². The Hall–Kier alpha value is -2.10. The minimum atomic E-state index is -0.0660. The molecule has 1 heterocycles. The summed E-state index contributed by atoms with van der Waals surface area (Å²) >= 11 is 12.0. The summed E-state index contributed by atoms with van der Waals surface area (Å²) in [6.45, 7) is 1.58. The fraction of sp³-hybridized carbons (Fsp3) is 0.273. The number of carbonyl (C=O) groups is 1. The highest BCUT2D eigenvalue weighted by Gasteiger charge is 2.42. The number of benzene rings is 2. The summed E-state index contributed by atoms with van der Waals surface area (Å²) in [5.74, 6) is 0.171. The number of rotatable bonds is 2. The van der Waals surface area contributed by atoms with Crippen molar-refractivity contribution in [3.63, 3.8) is 0 Å². The topological polar surface area (TPSA) is 32.7 Å². The van der Waals surface area contributed by atoms with Crippen LogP contribution in [0.1, 0.15) is 43.4 Å². The summed E-state index contributed by atoms with van der Waals surface area (Å²) in [5.41, 5.74) is 4.41. The van der Waals surface area contributed by atoms with Gasteiger partial charge in [0.25, 0.3) is 0 Å². The molecule has 2 aromatic carbocycles. The smallest absolute Gasteiger partial charge is 0.240 e. The molecule has 4 rings (SSSR count). The molecular formula is C22H20Cl2N2O. The Morgan fingerprint density at radius 1 is 1.07 bits per heavy atom. The van der Waals surface area contributed by atoms with Gasteiger partial charge in [-0.3, -0.25) is 4.79 Å². The molecule has 1 saturated carbocycles. The lowest BCUT2D eigenvalue weighted by Gasteiger charge is -2.29. The van der Waals surface area contributed by atoms with Crippen molar-refractivity contribution in [3.8, 4) is 0 Å². The Bertz CT molecular complexity index is 916. The molecule has 5 heteroatoms. The first-order valence-electron chi connectivity index (χ1n) is 9.13. The molecule has 138 valence electrons. The number of carbonyl (C=O) groups excluding carboxylic acids is 1. The van der Waals surface area contributed by atoms with Crippen molar-refractivity contribution < 1.29 is 4.79 Å². The Kier molecular flexibility index (Phi) is 5.07. The van der Waals surface area contributed by atoms with E-state index < -0.39 is 0 Å². The van der Waals surface area contributed by atoms with Gasteiger partial charge in [0, 0.05) is 22.9 Å². The molecular weight excluding hydrogens is 379 g/mol. The molecule has 1 aliphatic heterocycles. The molecule has 0 bridgehead atoms. The van der Waals surface area contributed by atoms with Crippen LogP contribution < -0.4 is 0 Å². The summed E-state index contributed by atoms with van der Waals surface area (Å²) in [5, 5.41) is 7.82. The molecule has 0 aromatic heterocycles. The fourth-order valence-corrected chi connectivity index (χ4v) is 4.27. The van der Waals surface area contributed by atoms with Gasteiger partial charge in [0.15, 0.2) is 0 Å². The van der Waals surface area contributed by atoms with Crippen LogP contribution in [-0.2, 0) is 4.79 Å². The van der Waals surface area contributed by atoms with Crippen LogP contribution in [0.4, 0.5) is 0 Å². The number of hydrazone groups is 1. The average Bonchev–Trinajstić information content (AvgIpc) is 3.05. The van der Waals surface area contributed by atoms with E-state index in [2.05, 4.69) is 6.08 Å². The first-order chi connectivity index (χ1) is 13.0. The molecule has 0 unspecified atom stereocenters. The van der Waals surface area contributed by atoms with Gasteiger partial charge < -0.3 is 0 Å². The zero-order valence-electron chi connectivity index (χ0n) is 15.0. The van der Waals surface area contributed by atoms with E-state index in [0.29, 0.717) is 5.02 Å². The molecule has 2 aliphatic rings. The van der Waals surface area contributed by atoms with Gasteiger partial charge in [0.1, 0.15) is 0 Å². The molecule has 27 heavy (non-hydrogen) atoms. The normalized spacial score (nSPS) is 23.3. The molecule has 0 N–H and O–H groups in total. The van der Waals surface area contributed by atoms with E-state index in [4.69, 9.17) is 28.3 Å². The highest BCUT2D eigenvalue weighted by molar-refractivity contribution is 6.30. The molecule has 1 aliphatic carbocycles. The van der Waals surface area contributed by atoms with Gasteiger partial charge in [0.2, 0.25) is 5.91 Å². The Morgan fingerprint density at radius 2 is 1.70 bits per heavy atom. The van der Waals surface area contributed by atoms with Crippen LogP contribution in [0.3, 0.4) is 0 Å². The maximum atomic E-state index is 12.3. The third-order valence-corrected chi connectivity index (χ3v) is 5.75. The molecule has 0 saturated heterocycles. The lowest BCUT2D eigenvalue weighted by Crippen LogP contribution is -2.30. The first-order valence-corrected chi connectivity index (χ1v) is 9.89. The highest BCUT2D eigenvalue weighted by Crippen LogP contribution is 2.44. The van der Waals surface area contributed by atoms with Crippen LogP contribution in [0.2, 0.25) is 10.0 Å². The molecule has 1 amide bonds. The van der Waals surface area contributed by atoms with Gasteiger partial charge in [-0.15, -0.1) is 0 Å². The van der Waals surface area contributed by atoms with Crippen molar-refractivity contribution in [2.75, 3.05) is 0 Å². The lowest BCUT2D eigenvalue weighted by molar-refractivity contribution is -0.131. The van der Waals surface area contributed by atoms with Gasteiger partial charge in [-0.1, -0.05) is 47.5 Å². The van der Waals surface area contributed by atoms with E-state index in [0.717, 1.165) is 41.1 Å². The van der Waals surface area contributed by atoms with Gasteiger partial charge in [-0.25, -0.2) is 5.01 Å². The molecule has 0 radical (unpaired) electrons. The van der Waals surface area contributed by atoms with E-state index in [1.807, 2.05) is 48.5 Å². The van der Waals surface area contributed by atoms with Crippen LogP contribution in [0.15, 0.2) is 59.2 Å². The minimum Gasteiger partial charge on any atom is -0.273 e. The number of amides is 1. The number of hydrogen-bond donors (Lipinski definition) is 0. The minimum absolute atomic E-state index is 0.0392. The van der Waals surface area contributed by atoms with E-state index in [1.165, 1.54) is 5.57 Å². The second-order valence-electron chi connectivity index (χ2n) is 7.07. The number of allylic oxidation sites excluding steroid dienone is 1. The molecule has 3 nitrogen and oxygen atoms in total. The van der Waals surface area contributed by atoms with Crippen molar-refractivity contribution in [1.82, 2.24) is 5.01 Å². The quantitative estimate of drug-likeness (QED) is 0.597. The zero-order chi connectivity index (χ0) is 19.0. The molecule has 1 fully saturated rings. The zero-order valence-corrected chi connectivity index (χ0v) is 16.5. The predicted molar refractivity (Wildman–Crippen MR) is 111 cm³/mol. The SMILES string of the molecule is CC(=O)N1N=C2/C(=C/c3ccc(Cl)cc3)CCC[C@@H]2[C@@H]1c1ccc(Cl)cc1. The number of halogens is 2. The molecule has 2 atom stereocenters.